The Bertz CT molecular complexity index is 1880. The molecular weight excluding hydrogens is 618 g/mol. The Morgan fingerprint density at radius 3 is 1.90 bits per heavy atom. The molecule has 1 unspecified atom stereocenters. The van der Waals surface area contributed by atoms with Crippen LogP contribution in [0.25, 0.3) is 33.9 Å². The average Bonchev–Trinajstić information content (AvgIpc) is 3.97. The molecular formula is C37H41N9O3. The maximum Gasteiger partial charge on any atom is 0.407 e. The largest absolute Gasteiger partial charge is 0.465 e. The molecule has 2 aliphatic heterocycles. The summed E-state index contributed by atoms with van der Waals surface area (Å²) in [5.74, 6) is 2.16. The SMILES string of the molecule is CCN(CC)C(C(=O)N1CCC[C@H]1c1ncc(-c2ccc(-c3ncc(-c4cnc([C@@H]5CCCN5C(=O)O)[nH]4)cn3)cc2)[nH]1)c1ccccc1. The van der Waals surface area contributed by atoms with Gasteiger partial charge in [0.05, 0.1) is 35.9 Å². The second-order valence-corrected chi connectivity index (χ2v) is 12.6. The van der Waals surface area contributed by atoms with Gasteiger partial charge < -0.3 is 20.0 Å². The molecule has 12 nitrogen and oxygen atoms in total. The van der Waals surface area contributed by atoms with Crippen LogP contribution in [0.15, 0.2) is 79.4 Å². The van der Waals surface area contributed by atoms with E-state index in [2.05, 4.69) is 43.7 Å². The first kappa shape index (κ1) is 32.2. The third-order valence-corrected chi connectivity index (χ3v) is 9.80. The summed E-state index contributed by atoms with van der Waals surface area (Å²) in [5, 5.41) is 9.49. The summed E-state index contributed by atoms with van der Waals surface area (Å²) in [4.78, 5) is 56.5. The maximum absolute atomic E-state index is 14.1. The van der Waals surface area contributed by atoms with Crippen molar-refractivity contribution in [2.75, 3.05) is 26.2 Å². The molecule has 0 saturated carbocycles. The van der Waals surface area contributed by atoms with Crippen molar-refractivity contribution in [2.24, 2.45) is 0 Å². The molecule has 49 heavy (non-hydrogen) atoms. The smallest absolute Gasteiger partial charge is 0.407 e. The van der Waals surface area contributed by atoms with Crippen molar-refractivity contribution < 1.29 is 14.7 Å². The van der Waals surface area contributed by atoms with E-state index in [0.29, 0.717) is 24.7 Å². The van der Waals surface area contributed by atoms with Crippen LogP contribution < -0.4 is 0 Å². The minimum Gasteiger partial charge on any atom is -0.465 e. The number of amides is 2. The molecule has 7 rings (SSSR count). The second-order valence-electron chi connectivity index (χ2n) is 12.6. The zero-order chi connectivity index (χ0) is 33.9. The number of H-pyrrole nitrogens is 2. The van der Waals surface area contributed by atoms with E-state index in [9.17, 15) is 14.7 Å². The van der Waals surface area contributed by atoms with Crippen molar-refractivity contribution in [1.82, 2.24) is 44.6 Å². The molecule has 5 heterocycles. The van der Waals surface area contributed by atoms with Crippen LogP contribution in [0, 0.1) is 0 Å². The van der Waals surface area contributed by atoms with Gasteiger partial charge in [-0.15, -0.1) is 0 Å². The van der Waals surface area contributed by atoms with E-state index < -0.39 is 6.09 Å². The van der Waals surface area contributed by atoms with Crippen LogP contribution in [0.3, 0.4) is 0 Å². The molecule has 2 amide bonds. The Hall–Kier alpha value is -5.36. The minimum absolute atomic E-state index is 0.102. The molecule has 2 saturated heterocycles. The number of hydrogen-bond acceptors (Lipinski definition) is 7. The predicted molar refractivity (Wildman–Crippen MR) is 185 cm³/mol. The van der Waals surface area contributed by atoms with Gasteiger partial charge in [0.15, 0.2) is 5.82 Å². The lowest BCUT2D eigenvalue weighted by atomic mass is 10.0. The van der Waals surface area contributed by atoms with E-state index in [-0.39, 0.29) is 24.0 Å². The van der Waals surface area contributed by atoms with Crippen LogP contribution in [-0.2, 0) is 4.79 Å². The van der Waals surface area contributed by atoms with Gasteiger partial charge in [-0.25, -0.2) is 24.7 Å². The highest BCUT2D eigenvalue weighted by atomic mass is 16.4. The topological polar surface area (TPSA) is 147 Å². The van der Waals surface area contributed by atoms with E-state index in [4.69, 9.17) is 4.98 Å². The number of nitrogens with one attached hydrogen (secondary N) is 2. The van der Waals surface area contributed by atoms with Gasteiger partial charge >= 0.3 is 6.09 Å². The molecule has 0 bridgehead atoms. The number of benzene rings is 2. The fourth-order valence-corrected chi connectivity index (χ4v) is 7.21. The minimum atomic E-state index is -0.928. The number of carbonyl (C=O) groups excluding carboxylic acids is 1. The normalized spacial score (nSPS) is 18.3. The van der Waals surface area contributed by atoms with Crippen molar-refractivity contribution in [2.45, 2.75) is 57.7 Å². The number of imidazole rings is 2. The summed E-state index contributed by atoms with van der Waals surface area (Å²) in [7, 11) is 0. The van der Waals surface area contributed by atoms with Crippen LogP contribution >= 0.6 is 0 Å². The van der Waals surface area contributed by atoms with Crippen LogP contribution in [0.5, 0.6) is 0 Å². The van der Waals surface area contributed by atoms with Gasteiger partial charge in [-0.1, -0.05) is 68.4 Å². The first-order valence-corrected chi connectivity index (χ1v) is 17.1. The molecule has 3 aromatic heterocycles. The van der Waals surface area contributed by atoms with E-state index in [1.165, 1.54) is 4.90 Å². The van der Waals surface area contributed by atoms with Crippen molar-refractivity contribution in [1.29, 1.82) is 0 Å². The van der Waals surface area contributed by atoms with E-state index >= 15 is 0 Å². The first-order valence-electron chi connectivity index (χ1n) is 17.1. The molecule has 2 aliphatic rings. The molecule has 0 spiro atoms. The Kier molecular flexibility index (Phi) is 9.21. The lowest BCUT2D eigenvalue weighted by Gasteiger charge is -2.34. The molecule has 3 N–H and O–H groups in total. The highest BCUT2D eigenvalue weighted by Crippen LogP contribution is 2.36. The fourth-order valence-electron chi connectivity index (χ4n) is 7.21. The summed E-state index contributed by atoms with van der Waals surface area (Å²) >= 11 is 0. The zero-order valence-electron chi connectivity index (χ0n) is 27.8. The highest BCUT2D eigenvalue weighted by molar-refractivity contribution is 5.84. The van der Waals surface area contributed by atoms with Crippen LogP contribution in [0.1, 0.15) is 74.9 Å². The quantitative estimate of drug-likeness (QED) is 0.154. The maximum atomic E-state index is 14.1. The summed E-state index contributed by atoms with van der Waals surface area (Å²) in [5.41, 5.74) is 5.28. The number of nitrogens with zero attached hydrogens (tertiary/aromatic N) is 7. The van der Waals surface area contributed by atoms with Crippen molar-refractivity contribution in [3.05, 3.63) is 96.6 Å². The fraction of sp³-hybridized carbons (Fsp3) is 0.351. The van der Waals surface area contributed by atoms with Gasteiger partial charge in [0.2, 0.25) is 5.91 Å². The molecule has 12 heteroatoms. The number of likely N-dealkylation sites (tertiary alicyclic amines) is 2. The molecule has 2 aromatic carbocycles. The van der Waals surface area contributed by atoms with Gasteiger partial charge in [-0.05, 0) is 49.9 Å². The number of rotatable bonds is 10. The van der Waals surface area contributed by atoms with Crippen LogP contribution in [0.4, 0.5) is 4.79 Å². The molecule has 0 radical (unpaired) electrons. The monoisotopic (exact) mass is 659 g/mol. The number of carbonyl (C=O) groups is 2. The Labute approximate surface area is 285 Å². The second kappa shape index (κ2) is 14.0. The Morgan fingerprint density at radius 2 is 1.31 bits per heavy atom. The van der Waals surface area contributed by atoms with Gasteiger partial charge in [-0.3, -0.25) is 14.6 Å². The van der Waals surface area contributed by atoms with Crippen LogP contribution in [0.2, 0.25) is 0 Å². The van der Waals surface area contributed by atoms with E-state index in [1.807, 2.05) is 65.7 Å². The Morgan fingerprint density at radius 1 is 0.755 bits per heavy atom. The number of aromatic amines is 2. The summed E-state index contributed by atoms with van der Waals surface area (Å²) in [6.07, 6.45) is 9.47. The first-order chi connectivity index (χ1) is 23.9. The van der Waals surface area contributed by atoms with Crippen LogP contribution in [-0.4, -0.2) is 87.9 Å². The lowest BCUT2D eigenvalue weighted by Crippen LogP contribution is -2.43. The van der Waals surface area contributed by atoms with Crippen molar-refractivity contribution in [3.8, 4) is 33.9 Å². The zero-order valence-corrected chi connectivity index (χ0v) is 27.8. The standard InChI is InChI=1S/C37H41N9O3/c1-3-44(4-2)32(25-10-6-5-7-11-25)36(47)45-18-8-12-30(45)34-40-22-28(42-34)24-14-16-26(17-15-24)33-38-20-27(21-39-33)29-23-41-35(43-29)31-13-9-19-46(31)37(48)49/h5-7,10-11,14-17,20-23,30-32H,3-4,8-9,12-13,18-19H2,1-2H3,(H,40,42)(H,41,43)(H,48,49)/t30-,31-,32?/m0/s1. The molecule has 252 valence electrons. The number of likely N-dealkylation sites (N-methyl/N-ethyl adjacent to an activating group) is 1. The number of hydrogen-bond donors (Lipinski definition) is 3. The van der Waals surface area contributed by atoms with Crippen molar-refractivity contribution >= 4 is 12.0 Å². The number of carboxylic acid groups (broad SMARTS) is 1. The van der Waals surface area contributed by atoms with E-state index in [0.717, 1.165) is 78.2 Å². The molecule has 5 aromatic rings. The summed E-state index contributed by atoms with van der Waals surface area (Å²) < 4.78 is 0. The highest BCUT2D eigenvalue weighted by Gasteiger charge is 2.38. The number of aromatic nitrogens is 6. The van der Waals surface area contributed by atoms with Gasteiger partial charge in [0.1, 0.15) is 17.7 Å². The molecule has 2 fully saturated rings. The average molecular weight is 660 g/mol. The van der Waals surface area contributed by atoms with E-state index in [1.54, 1.807) is 18.6 Å². The lowest BCUT2D eigenvalue weighted by molar-refractivity contribution is -0.138. The Balaban J connectivity index is 1.04. The molecule has 0 aliphatic carbocycles. The summed E-state index contributed by atoms with van der Waals surface area (Å²) in [6, 6.07) is 17.4. The predicted octanol–water partition coefficient (Wildman–Crippen LogP) is 6.49. The third kappa shape index (κ3) is 6.43. The summed E-state index contributed by atoms with van der Waals surface area (Å²) in [6.45, 7) is 7.01. The van der Waals surface area contributed by atoms with Gasteiger partial charge in [0.25, 0.3) is 0 Å². The van der Waals surface area contributed by atoms with Gasteiger partial charge in [-0.2, -0.15) is 0 Å². The van der Waals surface area contributed by atoms with Crippen molar-refractivity contribution in [3.63, 3.8) is 0 Å². The third-order valence-electron chi connectivity index (χ3n) is 9.80. The molecule has 3 atom stereocenters. The van der Waals surface area contributed by atoms with Gasteiger partial charge in [0, 0.05) is 36.6 Å².